The minimum atomic E-state index is -0.230. The predicted molar refractivity (Wildman–Crippen MR) is 110 cm³/mol. The molecular formula is C19H30N4O2S2. The van der Waals surface area contributed by atoms with E-state index in [0.717, 1.165) is 23.6 Å². The van der Waals surface area contributed by atoms with Gasteiger partial charge in [0.1, 0.15) is 0 Å². The van der Waals surface area contributed by atoms with Crippen molar-refractivity contribution in [3.8, 4) is 0 Å². The summed E-state index contributed by atoms with van der Waals surface area (Å²) in [5.41, 5.74) is 0. The molecule has 27 heavy (non-hydrogen) atoms. The van der Waals surface area contributed by atoms with Crippen LogP contribution in [0.15, 0.2) is 4.34 Å². The normalized spacial score (nSPS) is 26.4. The third-order valence-electron chi connectivity index (χ3n) is 5.77. The van der Waals surface area contributed by atoms with Gasteiger partial charge in [0.15, 0.2) is 4.34 Å². The molecule has 1 aromatic heterocycles. The molecule has 150 valence electrons. The lowest BCUT2D eigenvalue weighted by Gasteiger charge is -2.35. The van der Waals surface area contributed by atoms with Gasteiger partial charge in [-0.1, -0.05) is 56.7 Å². The highest BCUT2D eigenvalue weighted by molar-refractivity contribution is 8.02. The van der Waals surface area contributed by atoms with E-state index in [9.17, 15) is 9.59 Å². The largest absolute Gasteiger partial charge is 0.352 e. The molecule has 0 radical (unpaired) electrons. The van der Waals surface area contributed by atoms with E-state index in [-0.39, 0.29) is 29.1 Å². The fourth-order valence-electron chi connectivity index (χ4n) is 3.61. The molecule has 1 aromatic rings. The number of rotatable bonds is 7. The zero-order chi connectivity index (χ0) is 19.6. The van der Waals surface area contributed by atoms with Gasteiger partial charge in [-0.15, -0.1) is 10.2 Å². The number of anilines is 1. The van der Waals surface area contributed by atoms with Gasteiger partial charge in [0.25, 0.3) is 0 Å². The minimum Gasteiger partial charge on any atom is -0.352 e. The zero-order valence-corrected chi connectivity index (χ0v) is 18.2. The Balaban J connectivity index is 1.57. The lowest BCUT2D eigenvalue weighted by molar-refractivity contribution is -0.121. The molecular weight excluding hydrogens is 380 g/mol. The Bertz CT molecular complexity index is 676. The summed E-state index contributed by atoms with van der Waals surface area (Å²) in [6.45, 7) is 8.29. The summed E-state index contributed by atoms with van der Waals surface area (Å²) in [5, 5.41) is 12.1. The van der Waals surface area contributed by atoms with E-state index >= 15 is 0 Å². The molecule has 8 heteroatoms. The Kier molecular flexibility index (Phi) is 6.78. The standard InChI is InChI=1S/C19H30N4O2S2/c1-5-16(24)23(14-9-10-14)18-21-22-19(27-18)26-13(4)17(25)20-15-8-6-7-11(2)12(15)3/h11-15H,5-10H2,1-4H3,(H,20,25)/t11-,12-,13-,15+/m0/s1. The van der Waals surface area contributed by atoms with E-state index in [1.54, 1.807) is 4.90 Å². The topological polar surface area (TPSA) is 75.2 Å². The van der Waals surface area contributed by atoms with E-state index < -0.39 is 0 Å². The van der Waals surface area contributed by atoms with Crippen LogP contribution in [0.1, 0.15) is 66.2 Å². The van der Waals surface area contributed by atoms with Crippen molar-refractivity contribution in [1.29, 1.82) is 0 Å². The number of amides is 2. The number of carbonyl (C=O) groups excluding carboxylic acids is 2. The average molecular weight is 411 g/mol. The molecule has 3 rings (SSSR count). The van der Waals surface area contributed by atoms with Crippen molar-refractivity contribution in [2.45, 2.75) is 87.9 Å². The van der Waals surface area contributed by atoms with Crippen molar-refractivity contribution in [3.05, 3.63) is 0 Å². The van der Waals surface area contributed by atoms with Gasteiger partial charge >= 0.3 is 0 Å². The maximum Gasteiger partial charge on any atom is 0.233 e. The molecule has 0 aromatic carbocycles. The SMILES string of the molecule is CCC(=O)N(c1nnc(S[C@@H](C)C(=O)N[C@@H]2CCC[C@H](C)[C@@H]2C)s1)C1CC1. The monoisotopic (exact) mass is 410 g/mol. The molecule has 4 atom stereocenters. The van der Waals surface area contributed by atoms with Crippen LogP contribution in [-0.4, -0.2) is 39.3 Å². The van der Waals surface area contributed by atoms with Gasteiger partial charge < -0.3 is 5.32 Å². The van der Waals surface area contributed by atoms with Crippen LogP contribution in [0.5, 0.6) is 0 Å². The van der Waals surface area contributed by atoms with Gasteiger partial charge in [-0.2, -0.15) is 0 Å². The van der Waals surface area contributed by atoms with Crippen molar-refractivity contribution in [2.75, 3.05) is 4.90 Å². The van der Waals surface area contributed by atoms with E-state index in [1.165, 1.54) is 35.9 Å². The molecule has 2 amide bonds. The summed E-state index contributed by atoms with van der Waals surface area (Å²) in [7, 11) is 0. The first kappa shape index (κ1) is 20.6. The van der Waals surface area contributed by atoms with Gasteiger partial charge in [-0.25, -0.2) is 0 Å². The Morgan fingerprint density at radius 1 is 1.26 bits per heavy atom. The molecule has 2 saturated carbocycles. The van der Waals surface area contributed by atoms with Crippen molar-refractivity contribution in [1.82, 2.24) is 15.5 Å². The second kappa shape index (κ2) is 8.90. The smallest absolute Gasteiger partial charge is 0.233 e. The van der Waals surface area contributed by atoms with Crippen molar-refractivity contribution in [2.24, 2.45) is 11.8 Å². The van der Waals surface area contributed by atoms with Crippen molar-refractivity contribution >= 4 is 40.0 Å². The highest BCUT2D eigenvalue weighted by Gasteiger charge is 2.35. The highest BCUT2D eigenvalue weighted by atomic mass is 32.2. The molecule has 1 heterocycles. The molecule has 6 nitrogen and oxygen atoms in total. The van der Waals surface area contributed by atoms with Gasteiger partial charge in [-0.05, 0) is 38.0 Å². The van der Waals surface area contributed by atoms with Crippen LogP contribution in [0.25, 0.3) is 0 Å². The predicted octanol–water partition coefficient (Wildman–Crippen LogP) is 3.87. The second-order valence-electron chi connectivity index (χ2n) is 7.84. The second-order valence-corrected chi connectivity index (χ2v) is 10.4. The molecule has 0 unspecified atom stereocenters. The van der Waals surface area contributed by atoms with Gasteiger partial charge in [-0.3, -0.25) is 14.5 Å². The van der Waals surface area contributed by atoms with E-state index in [1.807, 2.05) is 13.8 Å². The number of aromatic nitrogens is 2. The van der Waals surface area contributed by atoms with E-state index in [0.29, 0.717) is 23.4 Å². The lowest BCUT2D eigenvalue weighted by atomic mass is 9.78. The average Bonchev–Trinajstić information content (AvgIpc) is 3.37. The number of hydrogen-bond acceptors (Lipinski definition) is 6. The zero-order valence-electron chi connectivity index (χ0n) is 16.6. The van der Waals surface area contributed by atoms with Crippen LogP contribution in [0.4, 0.5) is 5.13 Å². The van der Waals surface area contributed by atoms with Gasteiger partial charge in [0, 0.05) is 18.5 Å². The van der Waals surface area contributed by atoms with Crippen LogP contribution in [0, 0.1) is 11.8 Å². The van der Waals surface area contributed by atoms with Crippen molar-refractivity contribution in [3.63, 3.8) is 0 Å². The summed E-state index contributed by atoms with van der Waals surface area (Å²) in [6, 6.07) is 0.542. The molecule has 2 aliphatic carbocycles. The van der Waals surface area contributed by atoms with E-state index in [2.05, 4.69) is 29.4 Å². The molecule has 2 aliphatic rings. The molecule has 1 N–H and O–H groups in total. The fraction of sp³-hybridized carbons (Fsp3) is 0.789. The molecule has 2 fully saturated rings. The van der Waals surface area contributed by atoms with Crippen LogP contribution in [-0.2, 0) is 9.59 Å². The highest BCUT2D eigenvalue weighted by Crippen LogP contribution is 2.37. The lowest BCUT2D eigenvalue weighted by Crippen LogP contribution is -2.46. The Morgan fingerprint density at radius 2 is 2.00 bits per heavy atom. The Hall–Kier alpha value is -1.15. The number of nitrogens with zero attached hydrogens (tertiary/aromatic N) is 3. The number of carbonyl (C=O) groups is 2. The quantitative estimate of drug-likeness (QED) is 0.546. The minimum absolute atomic E-state index is 0.0615. The summed E-state index contributed by atoms with van der Waals surface area (Å²) >= 11 is 2.84. The fourth-order valence-corrected chi connectivity index (χ4v) is 5.69. The molecule has 0 spiro atoms. The van der Waals surface area contributed by atoms with Crippen LogP contribution in [0.3, 0.4) is 0 Å². The summed E-state index contributed by atoms with van der Waals surface area (Å²) < 4.78 is 0.743. The molecule has 0 bridgehead atoms. The van der Waals surface area contributed by atoms with E-state index in [4.69, 9.17) is 0 Å². The van der Waals surface area contributed by atoms with Crippen LogP contribution < -0.4 is 10.2 Å². The molecule has 0 saturated heterocycles. The summed E-state index contributed by atoms with van der Waals surface area (Å²) in [6.07, 6.45) is 6.03. The maximum absolute atomic E-state index is 12.6. The first-order chi connectivity index (χ1) is 12.9. The third-order valence-corrected chi connectivity index (χ3v) is 7.87. The van der Waals surface area contributed by atoms with Gasteiger partial charge in [0.05, 0.1) is 5.25 Å². The van der Waals surface area contributed by atoms with Crippen LogP contribution >= 0.6 is 23.1 Å². The molecule has 0 aliphatic heterocycles. The summed E-state index contributed by atoms with van der Waals surface area (Å²) in [4.78, 5) is 26.6. The van der Waals surface area contributed by atoms with Crippen LogP contribution in [0.2, 0.25) is 0 Å². The first-order valence-corrected chi connectivity index (χ1v) is 11.7. The maximum atomic E-state index is 12.6. The van der Waals surface area contributed by atoms with Crippen molar-refractivity contribution < 1.29 is 9.59 Å². The third kappa shape index (κ3) is 5.02. The summed E-state index contributed by atoms with van der Waals surface area (Å²) in [5.74, 6) is 1.32. The Labute approximate surface area is 169 Å². The first-order valence-electron chi connectivity index (χ1n) is 10.0. The Morgan fingerprint density at radius 3 is 2.67 bits per heavy atom. The number of thioether (sulfide) groups is 1. The number of nitrogens with one attached hydrogen (secondary N) is 1. The van der Waals surface area contributed by atoms with Gasteiger partial charge in [0.2, 0.25) is 16.9 Å². The number of hydrogen-bond donors (Lipinski definition) is 1.